The summed E-state index contributed by atoms with van der Waals surface area (Å²) in [6.45, 7) is 5.42. The van der Waals surface area contributed by atoms with Crippen molar-refractivity contribution in [1.29, 1.82) is 0 Å². The number of fused-ring (bicyclic) bond motifs is 1. The fourth-order valence-corrected chi connectivity index (χ4v) is 1.05. The molecule has 0 bridgehead atoms. The second kappa shape index (κ2) is 2.44. The summed E-state index contributed by atoms with van der Waals surface area (Å²) >= 11 is 0. The molecule has 3 nitrogen and oxygen atoms in total. The van der Waals surface area contributed by atoms with Gasteiger partial charge in [0.1, 0.15) is 0 Å². The SMILES string of the molecule is C=Cc1ccc2oc(C)nc2n1. The number of hydrogen-bond donors (Lipinski definition) is 0. The highest BCUT2D eigenvalue weighted by atomic mass is 16.3. The van der Waals surface area contributed by atoms with E-state index in [2.05, 4.69) is 16.5 Å². The Bertz CT molecular complexity index is 431. The molecule has 0 unspecified atom stereocenters. The van der Waals surface area contributed by atoms with Crippen LogP contribution >= 0.6 is 0 Å². The summed E-state index contributed by atoms with van der Waals surface area (Å²) in [6.07, 6.45) is 1.68. The van der Waals surface area contributed by atoms with Crippen molar-refractivity contribution in [3.05, 3.63) is 30.3 Å². The molecule has 2 heterocycles. The van der Waals surface area contributed by atoms with Gasteiger partial charge in [-0.05, 0) is 18.2 Å². The first-order valence-corrected chi connectivity index (χ1v) is 3.66. The summed E-state index contributed by atoms with van der Waals surface area (Å²) in [4.78, 5) is 8.29. The molecule has 0 saturated carbocycles. The van der Waals surface area contributed by atoms with E-state index < -0.39 is 0 Å². The van der Waals surface area contributed by atoms with Gasteiger partial charge in [0, 0.05) is 6.92 Å². The molecular weight excluding hydrogens is 152 g/mol. The number of aryl methyl sites for hydroxylation is 1. The first-order valence-electron chi connectivity index (χ1n) is 3.66. The van der Waals surface area contributed by atoms with E-state index in [9.17, 15) is 0 Å². The predicted molar refractivity (Wildman–Crippen MR) is 46.6 cm³/mol. The summed E-state index contributed by atoms with van der Waals surface area (Å²) in [5.41, 5.74) is 2.18. The van der Waals surface area contributed by atoms with Gasteiger partial charge in [0.15, 0.2) is 17.1 Å². The second-order valence-corrected chi connectivity index (χ2v) is 2.49. The van der Waals surface area contributed by atoms with Crippen LogP contribution in [0.2, 0.25) is 0 Å². The standard InChI is InChI=1S/C9H8N2O/c1-3-7-4-5-8-9(11-7)10-6(2)12-8/h3-5H,1H2,2H3. The van der Waals surface area contributed by atoms with Crippen LogP contribution in [0.4, 0.5) is 0 Å². The highest BCUT2D eigenvalue weighted by Crippen LogP contribution is 2.13. The predicted octanol–water partition coefficient (Wildman–Crippen LogP) is 2.17. The highest BCUT2D eigenvalue weighted by molar-refractivity contribution is 5.69. The molecule has 0 radical (unpaired) electrons. The molecule has 0 atom stereocenters. The van der Waals surface area contributed by atoms with Gasteiger partial charge in [-0.25, -0.2) is 4.98 Å². The van der Waals surface area contributed by atoms with Gasteiger partial charge >= 0.3 is 0 Å². The number of aromatic nitrogens is 2. The van der Waals surface area contributed by atoms with E-state index in [-0.39, 0.29) is 0 Å². The summed E-state index contributed by atoms with van der Waals surface area (Å²) in [6, 6.07) is 3.69. The van der Waals surface area contributed by atoms with E-state index in [4.69, 9.17) is 4.42 Å². The Hall–Kier alpha value is -1.64. The maximum atomic E-state index is 5.26. The number of nitrogens with zero attached hydrogens (tertiary/aromatic N) is 2. The highest BCUT2D eigenvalue weighted by Gasteiger charge is 2.02. The number of hydrogen-bond acceptors (Lipinski definition) is 3. The lowest BCUT2D eigenvalue weighted by Crippen LogP contribution is -1.80. The van der Waals surface area contributed by atoms with Gasteiger partial charge < -0.3 is 4.42 Å². The van der Waals surface area contributed by atoms with Crippen LogP contribution in [0.3, 0.4) is 0 Å². The molecule has 0 fully saturated rings. The van der Waals surface area contributed by atoms with Crippen molar-refractivity contribution in [1.82, 2.24) is 9.97 Å². The fraction of sp³-hybridized carbons (Fsp3) is 0.111. The van der Waals surface area contributed by atoms with E-state index in [0.29, 0.717) is 11.5 Å². The van der Waals surface area contributed by atoms with Crippen molar-refractivity contribution in [3.8, 4) is 0 Å². The molecule has 12 heavy (non-hydrogen) atoms. The smallest absolute Gasteiger partial charge is 0.199 e. The first kappa shape index (κ1) is 7.03. The van der Waals surface area contributed by atoms with Gasteiger partial charge in [-0.1, -0.05) is 6.58 Å². The Morgan fingerprint density at radius 2 is 2.25 bits per heavy atom. The van der Waals surface area contributed by atoms with Gasteiger partial charge in [-0.15, -0.1) is 0 Å². The molecule has 2 aromatic rings. The lowest BCUT2D eigenvalue weighted by atomic mass is 10.3. The van der Waals surface area contributed by atoms with E-state index in [0.717, 1.165) is 11.3 Å². The van der Waals surface area contributed by atoms with E-state index in [1.165, 1.54) is 0 Å². The lowest BCUT2D eigenvalue weighted by Gasteiger charge is -1.88. The molecular formula is C9H8N2O. The fourth-order valence-electron chi connectivity index (χ4n) is 1.05. The average molecular weight is 160 g/mol. The maximum Gasteiger partial charge on any atom is 0.199 e. The molecule has 0 aliphatic rings. The second-order valence-electron chi connectivity index (χ2n) is 2.49. The Morgan fingerprint density at radius 1 is 1.42 bits per heavy atom. The summed E-state index contributed by atoms with van der Waals surface area (Å²) < 4.78 is 5.26. The third-order valence-corrected chi connectivity index (χ3v) is 1.59. The Morgan fingerprint density at radius 3 is 3.00 bits per heavy atom. The van der Waals surface area contributed by atoms with Crippen molar-refractivity contribution in [3.63, 3.8) is 0 Å². The summed E-state index contributed by atoms with van der Waals surface area (Å²) in [5, 5.41) is 0. The maximum absolute atomic E-state index is 5.26. The van der Waals surface area contributed by atoms with Crippen LogP contribution in [0.1, 0.15) is 11.6 Å². The summed E-state index contributed by atoms with van der Waals surface area (Å²) in [7, 11) is 0. The molecule has 0 saturated heterocycles. The first-order chi connectivity index (χ1) is 5.79. The van der Waals surface area contributed by atoms with Gasteiger partial charge in [0.2, 0.25) is 0 Å². The summed E-state index contributed by atoms with van der Waals surface area (Å²) in [5.74, 6) is 0.638. The van der Waals surface area contributed by atoms with Crippen molar-refractivity contribution >= 4 is 17.3 Å². The van der Waals surface area contributed by atoms with Crippen LogP contribution in [-0.4, -0.2) is 9.97 Å². The third-order valence-electron chi connectivity index (χ3n) is 1.59. The quantitative estimate of drug-likeness (QED) is 0.641. The van der Waals surface area contributed by atoms with Crippen molar-refractivity contribution in [2.75, 3.05) is 0 Å². The Balaban J connectivity index is 2.74. The average Bonchev–Trinajstić information content (AvgIpc) is 2.43. The van der Waals surface area contributed by atoms with Gasteiger partial charge in [-0.2, -0.15) is 4.98 Å². The molecule has 0 aliphatic heterocycles. The molecule has 2 aromatic heterocycles. The van der Waals surface area contributed by atoms with E-state index in [1.54, 1.807) is 13.0 Å². The van der Waals surface area contributed by atoms with Crippen LogP contribution in [-0.2, 0) is 0 Å². The molecule has 0 aromatic carbocycles. The molecule has 0 aliphatic carbocycles. The zero-order valence-corrected chi connectivity index (χ0v) is 6.74. The molecule has 2 rings (SSSR count). The third kappa shape index (κ3) is 0.993. The molecule has 0 N–H and O–H groups in total. The number of oxazole rings is 1. The normalized spacial score (nSPS) is 10.4. The molecule has 0 spiro atoms. The van der Waals surface area contributed by atoms with Crippen molar-refractivity contribution < 1.29 is 4.42 Å². The minimum absolute atomic E-state index is 0.638. The minimum atomic E-state index is 0.638. The van der Waals surface area contributed by atoms with Gasteiger partial charge in [0.05, 0.1) is 5.69 Å². The minimum Gasteiger partial charge on any atom is -0.439 e. The van der Waals surface area contributed by atoms with Crippen LogP contribution in [0.5, 0.6) is 0 Å². The Labute approximate surface area is 69.8 Å². The lowest BCUT2D eigenvalue weighted by molar-refractivity contribution is 0.561. The Kier molecular flexibility index (Phi) is 1.43. The van der Waals surface area contributed by atoms with Crippen molar-refractivity contribution in [2.24, 2.45) is 0 Å². The van der Waals surface area contributed by atoms with Crippen LogP contribution in [0.25, 0.3) is 17.3 Å². The number of rotatable bonds is 1. The van der Waals surface area contributed by atoms with Crippen LogP contribution < -0.4 is 0 Å². The topological polar surface area (TPSA) is 38.9 Å². The molecule has 0 amide bonds. The largest absolute Gasteiger partial charge is 0.439 e. The zero-order chi connectivity index (χ0) is 8.55. The monoisotopic (exact) mass is 160 g/mol. The molecule has 3 heteroatoms. The van der Waals surface area contributed by atoms with Gasteiger partial charge in [-0.3, -0.25) is 0 Å². The molecule has 60 valence electrons. The van der Waals surface area contributed by atoms with Crippen LogP contribution in [0, 0.1) is 6.92 Å². The zero-order valence-electron chi connectivity index (χ0n) is 6.74. The van der Waals surface area contributed by atoms with Gasteiger partial charge in [0.25, 0.3) is 0 Å². The van der Waals surface area contributed by atoms with E-state index >= 15 is 0 Å². The number of pyridine rings is 1. The van der Waals surface area contributed by atoms with E-state index in [1.807, 2.05) is 12.1 Å². The van der Waals surface area contributed by atoms with Crippen molar-refractivity contribution in [2.45, 2.75) is 6.92 Å². The van der Waals surface area contributed by atoms with Crippen LogP contribution in [0.15, 0.2) is 23.1 Å².